The van der Waals surface area contributed by atoms with Gasteiger partial charge in [0.05, 0.1) is 24.6 Å². The van der Waals surface area contributed by atoms with E-state index < -0.39 is 5.60 Å². The third kappa shape index (κ3) is 5.96. The van der Waals surface area contributed by atoms with E-state index in [1.165, 1.54) is 24.0 Å². The minimum absolute atomic E-state index is 0.00412. The summed E-state index contributed by atoms with van der Waals surface area (Å²) in [6.45, 7) is 8.56. The summed E-state index contributed by atoms with van der Waals surface area (Å²) in [6, 6.07) is 7.32. The number of anilines is 1. The Morgan fingerprint density at radius 1 is 1.17 bits per heavy atom. The molecule has 1 N–H and O–H groups in total. The third-order valence-electron chi connectivity index (χ3n) is 6.46. The first-order valence-electron chi connectivity index (χ1n) is 11.8. The van der Waals surface area contributed by atoms with Gasteiger partial charge in [-0.15, -0.1) is 0 Å². The molecule has 1 unspecified atom stereocenters. The topological polar surface area (TPSA) is 96.8 Å². The van der Waals surface area contributed by atoms with E-state index in [1.807, 2.05) is 45.0 Å². The SMILES string of the molecule is CC(=O)Nc1cnn(C(=O)N2C[C@H]3CC(N(Cc4ccccc4Cl)C(=O)OC(C)(C)C)C[C@H]3C2)c1. The van der Waals surface area contributed by atoms with Gasteiger partial charge in [0.15, 0.2) is 0 Å². The number of nitrogens with zero attached hydrogens (tertiary/aromatic N) is 4. The Hall–Kier alpha value is -3.07. The molecule has 4 rings (SSSR count). The van der Waals surface area contributed by atoms with Gasteiger partial charge in [-0.05, 0) is 57.1 Å². The zero-order valence-electron chi connectivity index (χ0n) is 20.5. The number of carbonyl (C=O) groups is 3. The molecule has 0 radical (unpaired) electrons. The normalized spacial score (nSPS) is 21.5. The van der Waals surface area contributed by atoms with Crippen LogP contribution in [0.5, 0.6) is 0 Å². The lowest BCUT2D eigenvalue weighted by atomic mass is 10.0. The summed E-state index contributed by atoms with van der Waals surface area (Å²) in [5.41, 5.74) is 0.758. The van der Waals surface area contributed by atoms with Gasteiger partial charge in [-0.2, -0.15) is 9.78 Å². The molecule has 3 amide bonds. The number of halogens is 1. The second-order valence-corrected chi connectivity index (χ2v) is 10.8. The molecule has 188 valence electrons. The molecule has 10 heteroatoms. The van der Waals surface area contributed by atoms with E-state index in [0.29, 0.717) is 30.3 Å². The number of carbonyl (C=O) groups excluding carboxylic acids is 3. The molecule has 2 aliphatic rings. The first kappa shape index (κ1) is 25.0. The van der Waals surface area contributed by atoms with Crippen molar-refractivity contribution in [2.24, 2.45) is 11.8 Å². The Bertz CT molecular complexity index is 1100. The minimum atomic E-state index is -0.604. The van der Waals surface area contributed by atoms with Gasteiger partial charge < -0.3 is 19.9 Å². The molecule has 9 nitrogen and oxygen atoms in total. The Morgan fingerprint density at radius 2 is 1.83 bits per heavy atom. The van der Waals surface area contributed by atoms with E-state index in [4.69, 9.17) is 16.3 Å². The molecular formula is C25H32ClN5O4. The highest BCUT2D eigenvalue weighted by molar-refractivity contribution is 6.31. The first-order chi connectivity index (χ1) is 16.5. The fourth-order valence-corrected chi connectivity index (χ4v) is 5.19. The van der Waals surface area contributed by atoms with Crippen LogP contribution in [0.2, 0.25) is 5.02 Å². The van der Waals surface area contributed by atoms with Crippen LogP contribution in [-0.4, -0.2) is 62.3 Å². The van der Waals surface area contributed by atoms with Crippen LogP contribution in [0.15, 0.2) is 36.7 Å². The summed E-state index contributed by atoms with van der Waals surface area (Å²) in [6.07, 6.45) is 4.20. The maximum absolute atomic E-state index is 13.2. The highest BCUT2D eigenvalue weighted by Crippen LogP contribution is 2.41. The third-order valence-corrected chi connectivity index (χ3v) is 6.83. The van der Waals surface area contributed by atoms with Crippen molar-refractivity contribution in [2.45, 2.75) is 58.7 Å². The van der Waals surface area contributed by atoms with Gasteiger partial charge in [-0.25, -0.2) is 9.59 Å². The lowest BCUT2D eigenvalue weighted by molar-refractivity contribution is -0.114. The predicted molar refractivity (Wildman–Crippen MR) is 132 cm³/mol. The fourth-order valence-electron chi connectivity index (χ4n) is 4.99. The minimum Gasteiger partial charge on any atom is -0.444 e. The number of benzene rings is 1. The molecule has 1 saturated carbocycles. The van der Waals surface area contributed by atoms with Crippen molar-refractivity contribution in [1.82, 2.24) is 19.6 Å². The number of fused-ring (bicyclic) bond motifs is 1. The molecule has 2 heterocycles. The summed E-state index contributed by atoms with van der Waals surface area (Å²) in [5.74, 6) is 0.348. The van der Waals surface area contributed by atoms with E-state index in [9.17, 15) is 14.4 Å². The van der Waals surface area contributed by atoms with Gasteiger partial charge in [0.2, 0.25) is 5.91 Å². The summed E-state index contributed by atoms with van der Waals surface area (Å²) in [5, 5.41) is 7.34. The largest absolute Gasteiger partial charge is 0.444 e. The monoisotopic (exact) mass is 501 g/mol. The summed E-state index contributed by atoms with van der Waals surface area (Å²) < 4.78 is 6.99. The maximum atomic E-state index is 13.2. The maximum Gasteiger partial charge on any atom is 0.410 e. The van der Waals surface area contributed by atoms with Gasteiger partial charge in [0.1, 0.15) is 5.60 Å². The molecule has 3 atom stereocenters. The first-order valence-corrected chi connectivity index (χ1v) is 12.2. The number of likely N-dealkylation sites (tertiary alicyclic amines) is 1. The molecule has 2 aromatic rings. The van der Waals surface area contributed by atoms with Crippen LogP contribution in [0.3, 0.4) is 0 Å². The molecule has 2 fully saturated rings. The number of rotatable bonds is 4. The molecule has 1 aliphatic heterocycles. The second kappa shape index (κ2) is 9.89. The zero-order valence-corrected chi connectivity index (χ0v) is 21.3. The smallest absolute Gasteiger partial charge is 0.410 e. The molecule has 35 heavy (non-hydrogen) atoms. The van der Waals surface area contributed by atoms with Crippen molar-refractivity contribution < 1.29 is 19.1 Å². The van der Waals surface area contributed by atoms with Crippen LogP contribution >= 0.6 is 11.6 Å². The number of hydrogen-bond acceptors (Lipinski definition) is 5. The molecule has 0 spiro atoms. The summed E-state index contributed by atoms with van der Waals surface area (Å²) in [4.78, 5) is 40.9. The highest BCUT2D eigenvalue weighted by atomic mass is 35.5. The molecule has 1 aromatic carbocycles. The van der Waals surface area contributed by atoms with Crippen molar-refractivity contribution in [1.29, 1.82) is 0 Å². The van der Waals surface area contributed by atoms with Crippen molar-refractivity contribution in [3.05, 3.63) is 47.2 Å². The van der Waals surface area contributed by atoms with Crippen molar-refractivity contribution in [2.75, 3.05) is 18.4 Å². The number of hydrogen-bond donors (Lipinski definition) is 1. The number of ether oxygens (including phenoxy) is 1. The van der Waals surface area contributed by atoms with Gasteiger partial charge in [-0.3, -0.25) is 4.79 Å². The lowest BCUT2D eigenvalue weighted by Crippen LogP contribution is -2.43. The van der Waals surface area contributed by atoms with Gasteiger partial charge in [-0.1, -0.05) is 29.8 Å². The summed E-state index contributed by atoms with van der Waals surface area (Å²) in [7, 11) is 0. The van der Waals surface area contributed by atoms with Crippen LogP contribution in [0, 0.1) is 11.8 Å². The van der Waals surface area contributed by atoms with Crippen LogP contribution in [0.4, 0.5) is 15.3 Å². The molecule has 1 aliphatic carbocycles. The molecule has 1 saturated heterocycles. The Kier molecular flexibility index (Phi) is 7.07. The van der Waals surface area contributed by atoms with Crippen LogP contribution in [0.25, 0.3) is 0 Å². The second-order valence-electron chi connectivity index (χ2n) is 10.4. The van der Waals surface area contributed by atoms with E-state index in [-0.39, 0.29) is 35.9 Å². The van der Waals surface area contributed by atoms with Gasteiger partial charge in [0, 0.05) is 31.1 Å². The Balaban J connectivity index is 1.43. The van der Waals surface area contributed by atoms with E-state index in [2.05, 4.69) is 10.4 Å². The number of nitrogens with one attached hydrogen (secondary N) is 1. The van der Waals surface area contributed by atoms with Crippen LogP contribution in [0.1, 0.15) is 46.1 Å². The predicted octanol–water partition coefficient (Wildman–Crippen LogP) is 4.61. The average molecular weight is 502 g/mol. The molecule has 0 bridgehead atoms. The Labute approximate surface area is 210 Å². The zero-order chi connectivity index (χ0) is 25.3. The fraction of sp³-hybridized carbons (Fsp3) is 0.520. The number of aromatic nitrogens is 2. The quantitative estimate of drug-likeness (QED) is 0.659. The van der Waals surface area contributed by atoms with Crippen molar-refractivity contribution in [3.63, 3.8) is 0 Å². The van der Waals surface area contributed by atoms with Crippen molar-refractivity contribution >= 4 is 35.3 Å². The van der Waals surface area contributed by atoms with Gasteiger partial charge in [0.25, 0.3) is 0 Å². The molecule has 1 aromatic heterocycles. The molecular weight excluding hydrogens is 470 g/mol. The standard InChI is InChI=1S/C25H32ClN5O4/c1-16(32)28-20-11-27-31(15-20)23(33)29-12-18-9-21(10-19(18)13-29)30(24(34)35-25(2,3)4)14-17-7-5-6-8-22(17)26/h5-8,11,15,18-19,21H,9-10,12-14H2,1-4H3,(H,28,32)/t18-,19+,21?. The lowest BCUT2D eigenvalue weighted by Gasteiger charge is -2.33. The van der Waals surface area contributed by atoms with Gasteiger partial charge >= 0.3 is 12.1 Å². The summed E-state index contributed by atoms with van der Waals surface area (Å²) >= 11 is 6.40. The average Bonchev–Trinajstić information content (AvgIpc) is 3.46. The van der Waals surface area contributed by atoms with Crippen LogP contribution < -0.4 is 5.32 Å². The van der Waals surface area contributed by atoms with E-state index >= 15 is 0 Å². The van der Waals surface area contributed by atoms with Crippen LogP contribution in [-0.2, 0) is 16.1 Å². The van der Waals surface area contributed by atoms with E-state index in [1.54, 1.807) is 9.80 Å². The highest BCUT2D eigenvalue weighted by Gasteiger charge is 2.46. The Morgan fingerprint density at radius 3 is 2.43 bits per heavy atom. The van der Waals surface area contributed by atoms with Crippen molar-refractivity contribution in [3.8, 4) is 0 Å². The van der Waals surface area contributed by atoms with E-state index in [0.717, 1.165) is 18.4 Å². The number of amides is 3.